The first-order valence-electron chi connectivity index (χ1n) is 4.48. The smallest absolute Gasteiger partial charge is 0.310 e. The van der Waals surface area contributed by atoms with E-state index in [-0.39, 0.29) is 18.0 Å². The molecule has 0 amide bonds. The third kappa shape index (κ3) is 3.05. The molecule has 0 aromatic rings. The molecule has 1 atom stereocenters. The highest BCUT2D eigenvalue weighted by molar-refractivity contribution is 7.99. The van der Waals surface area contributed by atoms with Gasteiger partial charge in [0.05, 0.1) is 12.0 Å². The molecule has 1 unspecified atom stereocenters. The quantitative estimate of drug-likeness (QED) is 0.621. The predicted octanol–water partition coefficient (Wildman–Crippen LogP) is 2.08. The number of thioether (sulfide) groups is 1. The second kappa shape index (κ2) is 4.75. The Morgan fingerprint density at radius 1 is 1.58 bits per heavy atom. The molecule has 1 rings (SSSR count). The van der Waals surface area contributed by atoms with Gasteiger partial charge in [-0.2, -0.15) is 11.8 Å². The molecule has 1 fully saturated rings. The van der Waals surface area contributed by atoms with Crippen molar-refractivity contribution in [1.29, 1.82) is 0 Å². The van der Waals surface area contributed by atoms with Gasteiger partial charge in [-0.25, -0.2) is 0 Å². The molecule has 0 saturated carbocycles. The topological polar surface area (TPSA) is 26.3 Å². The van der Waals surface area contributed by atoms with Gasteiger partial charge in [0.15, 0.2) is 0 Å². The van der Waals surface area contributed by atoms with Gasteiger partial charge in [-0.3, -0.25) is 4.79 Å². The first-order chi connectivity index (χ1) is 5.70. The Balaban J connectivity index is 2.30. The molecule has 3 heteroatoms. The zero-order valence-electron chi connectivity index (χ0n) is 7.71. The van der Waals surface area contributed by atoms with Crippen LogP contribution in [0, 0.1) is 5.92 Å². The van der Waals surface area contributed by atoms with Crippen molar-refractivity contribution in [2.75, 3.05) is 11.5 Å². The first-order valence-corrected chi connectivity index (χ1v) is 5.64. The Morgan fingerprint density at radius 2 is 2.33 bits per heavy atom. The normalized spacial score (nSPS) is 24.1. The van der Waals surface area contributed by atoms with Gasteiger partial charge in [-0.05, 0) is 32.4 Å². The predicted molar refractivity (Wildman–Crippen MR) is 51.3 cm³/mol. The molecule has 12 heavy (non-hydrogen) atoms. The summed E-state index contributed by atoms with van der Waals surface area (Å²) in [4.78, 5) is 11.4. The zero-order chi connectivity index (χ0) is 8.97. The SMILES string of the molecule is CC(C)OC(=O)C1CCCSC1. The maximum atomic E-state index is 11.4. The largest absolute Gasteiger partial charge is 0.463 e. The van der Waals surface area contributed by atoms with Gasteiger partial charge in [-0.15, -0.1) is 0 Å². The van der Waals surface area contributed by atoms with E-state index in [2.05, 4.69) is 0 Å². The fraction of sp³-hybridized carbons (Fsp3) is 0.889. The highest BCUT2D eigenvalue weighted by Crippen LogP contribution is 2.23. The van der Waals surface area contributed by atoms with Crippen LogP contribution in [0.2, 0.25) is 0 Å². The van der Waals surface area contributed by atoms with E-state index in [0.29, 0.717) is 0 Å². The van der Waals surface area contributed by atoms with Crippen molar-refractivity contribution in [2.24, 2.45) is 5.92 Å². The second-order valence-corrected chi connectivity index (χ2v) is 4.55. The lowest BCUT2D eigenvalue weighted by Gasteiger charge is -2.20. The summed E-state index contributed by atoms with van der Waals surface area (Å²) in [7, 11) is 0. The molecule has 0 aromatic heterocycles. The Bertz CT molecular complexity index is 151. The summed E-state index contributed by atoms with van der Waals surface area (Å²) in [5.41, 5.74) is 0. The molecule has 0 aliphatic carbocycles. The summed E-state index contributed by atoms with van der Waals surface area (Å²) in [5, 5.41) is 0. The van der Waals surface area contributed by atoms with Gasteiger partial charge in [0.2, 0.25) is 0 Å². The van der Waals surface area contributed by atoms with Crippen LogP contribution in [0.5, 0.6) is 0 Å². The van der Waals surface area contributed by atoms with E-state index in [4.69, 9.17) is 4.74 Å². The first kappa shape index (κ1) is 9.90. The second-order valence-electron chi connectivity index (χ2n) is 3.40. The van der Waals surface area contributed by atoms with E-state index in [1.54, 1.807) is 0 Å². The molecule has 1 aliphatic heterocycles. The van der Waals surface area contributed by atoms with Crippen LogP contribution in [0.4, 0.5) is 0 Å². The Hall–Kier alpha value is -0.180. The number of rotatable bonds is 2. The van der Waals surface area contributed by atoms with E-state index in [1.807, 2.05) is 25.6 Å². The summed E-state index contributed by atoms with van der Waals surface area (Å²) in [6, 6.07) is 0. The van der Waals surface area contributed by atoms with Gasteiger partial charge < -0.3 is 4.74 Å². The Labute approximate surface area is 78.1 Å². The number of carbonyl (C=O) groups excluding carboxylic acids is 1. The molecule has 0 N–H and O–H groups in total. The maximum absolute atomic E-state index is 11.4. The van der Waals surface area contributed by atoms with Gasteiger partial charge >= 0.3 is 5.97 Å². The number of ether oxygens (including phenoxy) is 1. The highest BCUT2D eigenvalue weighted by Gasteiger charge is 2.23. The summed E-state index contributed by atoms with van der Waals surface area (Å²) < 4.78 is 5.14. The van der Waals surface area contributed by atoms with Crippen LogP contribution in [0.1, 0.15) is 26.7 Å². The molecule has 0 radical (unpaired) electrons. The van der Waals surface area contributed by atoms with Gasteiger partial charge in [-0.1, -0.05) is 0 Å². The average Bonchev–Trinajstić information content (AvgIpc) is 2.05. The molecule has 70 valence electrons. The maximum Gasteiger partial charge on any atom is 0.310 e. The van der Waals surface area contributed by atoms with E-state index < -0.39 is 0 Å². The third-order valence-electron chi connectivity index (χ3n) is 1.85. The van der Waals surface area contributed by atoms with Crippen molar-refractivity contribution in [3.05, 3.63) is 0 Å². The van der Waals surface area contributed by atoms with Gasteiger partial charge in [0, 0.05) is 5.75 Å². The van der Waals surface area contributed by atoms with Crippen molar-refractivity contribution < 1.29 is 9.53 Å². The lowest BCUT2D eigenvalue weighted by Crippen LogP contribution is -2.25. The molecule has 1 saturated heterocycles. The minimum atomic E-state index is -0.00259. The summed E-state index contributed by atoms with van der Waals surface area (Å²) in [5.74, 6) is 2.31. The minimum Gasteiger partial charge on any atom is -0.463 e. The Morgan fingerprint density at radius 3 is 2.83 bits per heavy atom. The summed E-state index contributed by atoms with van der Waals surface area (Å²) in [6.45, 7) is 3.79. The van der Waals surface area contributed by atoms with E-state index >= 15 is 0 Å². The van der Waals surface area contributed by atoms with Crippen LogP contribution < -0.4 is 0 Å². The van der Waals surface area contributed by atoms with Crippen LogP contribution >= 0.6 is 11.8 Å². The van der Waals surface area contributed by atoms with Crippen molar-refractivity contribution in [3.8, 4) is 0 Å². The van der Waals surface area contributed by atoms with E-state index in [1.165, 1.54) is 5.75 Å². The lowest BCUT2D eigenvalue weighted by atomic mass is 10.1. The third-order valence-corrected chi connectivity index (χ3v) is 3.06. The molecule has 1 aliphatic rings. The highest BCUT2D eigenvalue weighted by atomic mass is 32.2. The van der Waals surface area contributed by atoms with Crippen LogP contribution in [0.15, 0.2) is 0 Å². The van der Waals surface area contributed by atoms with Gasteiger partial charge in [0.25, 0.3) is 0 Å². The van der Waals surface area contributed by atoms with Crippen LogP contribution in [-0.2, 0) is 9.53 Å². The van der Waals surface area contributed by atoms with Crippen molar-refractivity contribution in [1.82, 2.24) is 0 Å². The standard InChI is InChI=1S/C9H16O2S/c1-7(2)11-9(10)8-4-3-5-12-6-8/h7-8H,3-6H2,1-2H3. The average molecular weight is 188 g/mol. The fourth-order valence-electron chi connectivity index (χ4n) is 1.26. The number of hydrogen-bond acceptors (Lipinski definition) is 3. The Kier molecular flexibility index (Phi) is 3.92. The van der Waals surface area contributed by atoms with Crippen LogP contribution in [0.25, 0.3) is 0 Å². The molecule has 1 heterocycles. The van der Waals surface area contributed by atoms with Crippen molar-refractivity contribution >= 4 is 17.7 Å². The number of hydrogen-bond donors (Lipinski definition) is 0. The summed E-state index contributed by atoms with van der Waals surface area (Å²) in [6.07, 6.45) is 2.20. The van der Waals surface area contributed by atoms with Crippen molar-refractivity contribution in [3.63, 3.8) is 0 Å². The van der Waals surface area contributed by atoms with Crippen molar-refractivity contribution in [2.45, 2.75) is 32.8 Å². The fourth-order valence-corrected chi connectivity index (χ4v) is 2.38. The molecule has 0 aromatic carbocycles. The van der Waals surface area contributed by atoms with E-state index in [9.17, 15) is 4.79 Å². The summed E-state index contributed by atoms with van der Waals surface area (Å²) >= 11 is 1.86. The molecular formula is C9H16O2S. The zero-order valence-corrected chi connectivity index (χ0v) is 8.52. The number of esters is 1. The van der Waals surface area contributed by atoms with Crippen LogP contribution in [-0.4, -0.2) is 23.6 Å². The molecule has 2 nitrogen and oxygen atoms in total. The minimum absolute atomic E-state index is 0.00259. The van der Waals surface area contributed by atoms with E-state index in [0.717, 1.165) is 18.6 Å². The number of carbonyl (C=O) groups is 1. The van der Waals surface area contributed by atoms with Gasteiger partial charge in [0.1, 0.15) is 0 Å². The molecular weight excluding hydrogens is 172 g/mol. The monoisotopic (exact) mass is 188 g/mol. The molecule has 0 spiro atoms. The lowest BCUT2D eigenvalue weighted by molar-refractivity contribution is -0.151. The van der Waals surface area contributed by atoms with Crippen LogP contribution in [0.3, 0.4) is 0 Å². The molecule has 0 bridgehead atoms.